The molecule has 0 saturated carbocycles. The van der Waals surface area contributed by atoms with Crippen LogP contribution in [-0.4, -0.2) is 31.7 Å². The van der Waals surface area contributed by atoms with Gasteiger partial charge in [0.15, 0.2) is 0 Å². The van der Waals surface area contributed by atoms with Gasteiger partial charge in [-0.05, 0) is 11.6 Å². The van der Waals surface area contributed by atoms with Gasteiger partial charge in [0.2, 0.25) is 5.24 Å². The molecule has 1 saturated heterocycles. The van der Waals surface area contributed by atoms with Crippen LogP contribution in [0, 0.1) is 0 Å². The fourth-order valence-corrected chi connectivity index (χ4v) is 0.786. The highest BCUT2D eigenvalue weighted by Gasteiger charge is 1.94. The van der Waals surface area contributed by atoms with Crippen LogP contribution < -0.4 is 0 Å². The van der Waals surface area contributed by atoms with Gasteiger partial charge in [-0.25, -0.2) is 0 Å². The Morgan fingerprint density at radius 1 is 1.29 bits per heavy atom. The van der Waals surface area contributed by atoms with Gasteiger partial charge in [-0.3, -0.25) is 4.79 Å². The maximum absolute atomic E-state index is 10.00. The van der Waals surface area contributed by atoms with Gasteiger partial charge in [0.05, 0.1) is 26.4 Å². The molecule has 0 aromatic carbocycles. The Morgan fingerprint density at radius 3 is 2.07 bits per heavy atom. The number of allylic oxidation sites excluding steroid dienone is 3. The second-order valence-corrected chi connectivity index (χ2v) is 2.87. The summed E-state index contributed by atoms with van der Waals surface area (Å²) in [6.45, 7) is 6.53. The summed E-state index contributed by atoms with van der Waals surface area (Å²) in [6, 6.07) is 0. The lowest BCUT2D eigenvalue weighted by Gasteiger charge is -2.09. The van der Waals surface area contributed by atoms with Crippen molar-refractivity contribution in [3.63, 3.8) is 0 Å². The van der Waals surface area contributed by atoms with Crippen molar-refractivity contribution in [1.29, 1.82) is 0 Å². The molecule has 1 heterocycles. The number of carbonyl (C=O) groups excluding carboxylic acids is 1. The molecule has 14 heavy (non-hydrogen) atoms. The first-order chi connectivity index (χ1) is 6.77. The molecule has 80 valence electrons. The highest BCUT2D eigenvalue weighted by molar-refractivity contribution is 6.63. The Hall–Kier alpha value is -0.640. The van der Waals surface area contributed by atoms with Crippen molar-refractivity contribution in [2.45, 2.75) is 6.42 Å². The standard InChI is InChI=1S/C6H7ClO.C4H8O2/c1-2-3-4-5-6(7)8;1-2-6-4-3-5-1/h2-4H,1,5H2;1-4H2. The van der Waals surface area contributed by atoms with Crippen LogP contribution in [0.15, 0.2) is 24.8 Å². The first-order valence-electron chi connectivity index (χ1n) is 4.38. The molecule has 0 spiro atoms. The summed E-state index contributed by atoms with van der Waals surface area (Å²) in [5.41, 5.74) is 0. The van der Waals surface area contributed by atoms with E-state index in [2.05, 4.69) is 6.58 Å². The van der Waals surface area contributed by atoms with E-state index in [4.69, 9.17) is 21.1 Å². The van der Waals surface area contributed by atoms with Gasteiger partial charge in [0.1, 0.15) is 0 Å². The summed E-state index contributed by atoms with van der Waals surface area (Å²) in [4.78, 5) is 10.00. The molecule has 0 atom stereocenters. The van der Waals surface area contributed by atoms with Crippen molar-refractivity contribution in [3.05, 3.63) is 24.8 Å². The molecule has 1 fully saturated rings. The minimum absolute atomic E-state index is 0.285. The number of ether oxygens (including phenoxy) is 2. The molecular weight excluding hydrogens is 204 g/mol. The van der Waals surface area contributed by atoms with Crippen LogP contribution >= 0.6 is 11.6 Å². The molecule has 0 aromatic rings. The zero-order valence-corrected chi connectivity index (χ0v) is 8.83. The van der Waals surface area contributed by atoms with E-state index < -0.39 is 0 Å². The Kier molecular flexibility index (Phi) is 9.96. The topological polar surface area (TPSA) is 35.5 Å². The van der Waals surface area contributed by atoms with E-state index in [9.17, 15) is 4.79 Å². The maximum Gasteiger partial charge on any atom is 0.225 e. The average molecular weight is 219 g/mol. The summed E-state index contributed by atoms with van der Waals surface area (Å²) < 4.78 is 9.89. The smallest absolute Gasteiger partial charge is 0.225 e. The summed E-state index contributed by atoms with van der Waals surface area (Å²) in [5.74, 6) is 0. The van der Waals surface area contributed by atoms with E-state index in [1.807, 2.05) is 0 Å². The van der Waals surface area contributed by atoms with E-state index in [1.165, 1.54) is 0 Å². The van der Waals surface area contributed by atoms with E-state index in [0.29, 0.717) is 0 Å². The highest BCUT2D eigenvalue weighted by atomic mass is 35.5. The van der Waals surface area contributed by atoms with Crippen molar-refractivity contribution >= 4 is 16.8 Å². The minimum Gasteiger partial charge on any atom is -0.377 e. The number of carbonyl (C=O) groups is 1. The van der Waals surface area contributed by atoms with Gasteiger partial charge in [-0.1, -0.05) is 24.8 Å². The van der Waals surface area contributed by atoms with Crippen LogP contribution in [0.2, 0.25) is 0 Å². The second-order valence-electron chi connectivity index (χ2n) is 2.45. The molecule has 1 aliphatic rings. The van der Waals surface area contributed by atoms with Gasteiger partial charge in [-0.2, -0.15) is 0 Å². The van der Waals surface area contributed by atoms with E-state index in [1.54, 1.807) is 18.2 Å². The van der Waals surface area contributed by atoms with Crippen molar-refractivity contribution in [2.24, 2.45) is 0 Å². The summed E-state index contributed by atoms with van der Waals surface area (Å²) in [6.07, 6.45) is 5.22. The van der Waals surface area contributed by atoms with Crippen LogP contribution in [0.5, 0.6) is 0 Å². The monoisotopic (exact) mass is 218 g/mol. The van der Waals surface area contributed by atoms with Gasteiger partial charge in [0.25, 0.3) is 0 Å². The van der Waals surface area contributed by atoms with E-state index in [-0.39, 0.29) is 11.7 Å². The molecule has 0 unspecified atom stereocenters. The third kappa shape index (κ3) is 11.4. The van der Waals surface area contributed by atoms with Gasteiger partial charge in [0, 0.05) is 6.42 Å². The lowest BCUT2D eigenvalue weighted by atomic mass is 10.4. The first kappa shape index (κ1) is 13.4. The Bertz CT molecular complexity index is 174. The largest absolute Gasteiger partial charge is 0.377 e. The van der Waals surface area contributed by atoms with Crippen LogP contribution in [0.1, 0.15) is 6.42 Å². The predicted octanol–water partition coefficient (Wildman–Crippen LogP) is 1.92. The molecule has 0 radical (unpaired) electrons. The number of halogens is 1. The molecule has 4 heteroatoms. The Balaban J connectivity index is 0.000000249. The third-order valence-electron chi connectivity index (χ3n) is 1.29. The lowest BCUT2D eigenvalue weighted by Crippen LogP contribution is -2.16. The number of hydrogen-bond donors (Lipinski definition) is 0. The van der Waals surface area contributed by atoms with Gasteiger partial charge >= 0.3 is 0 Å². The molecule has 0 amide bonds. The minimum atomic E-state index is -0.344. The summed E-state index contributed by atoms with van der Waals surface area (Å²) in [7, 11) is 0. The predicted molar refractivity (Wildman–Crippen MR) is 56.5 cm³/mol. The van der Waals surface area contributed by atoms with E-state index >= 15 is 0 Å². The van der Waals surface area contributed by atoms with Crippen molar-refractivity contribution in [3.8, 4) is 0 Å². The molecule has 0 N–H and O–H groups in total. The molecule has 0 aliphatic carbocycles. The SMILES string of the molecule is C1COCCO1.C=CC=CCC(=O)Cl. The van der Waals surface area contributed by atoms with Gasteiger partial charge < -0.3 is 9.47 Å². The van der Waals surface area contributed by atoms with Crippen LogP contribution in [0.4, 0.5) is 0 Å². The zero-order chi connectivity index (χ0) is 10.6. The Labute approximate surface area is 89.3 Å². The molecule has 1 aliphatic heterocycles. The fourth-order valence-electron chi connectivity index (χ4n) is 0.697. The number of rotatable bonds is 3. The number of hydrogen-bond acceptors (Lipinski definition) is 3. The lowest BCUT2D eigenvalue weighted by molar-refractivity contribution is -0.110. The summed E-state index contributed by atoms with van der Waals surface area (Å²) >= 11 is 4.99. The third-order valence-corrected chi connectivity index (χ3v) is 1.45. The van der Waals surface area contributed by atoms with Crippen molar-refractivity contribution in [2.75, 3.05) is 26.4 Å². The molecule has 1 rings (SSSR count). The highest BCUT2D eigenvalue weighted by Crippen LogP contribution is 1.89. The van der Waals surface area contributed by atoms with Crippen molar-refractivity contribution in [1.82, 2.24) is 0 Å². The second kappa shape index (κ2) is 10.4. The Morgan fingerprint density at radius 2 is 1.79 bits per heavy atom. The zero-order valence-electron chi connectivity index (χ0n) is 8.08. The van der Waals surface area contributed by atoms with Crippen LogP contribution in [0.3, 0.4) is 0 Å². The fraction of sp³-hybridized carbons (Fsp3) is 0.500. The van der Waals surface area contributed by atoms with Gasteiger partial charge in [-0.15, -0.1) is 0 Å². The molecule has 0 bridgehead atoms. The first-order valence-corrected chi connectivity index (χ1v) is 4.76. The quantitative estimate of drug-likeness (QED) is 0.536. The molecule has 0 aromatic heterocycles. The van der Waals surface area contributed by atoms with Crippen LogP contribution in [-0.2, 0) is 14.3 Å². The molecular formula is C10H15ClO3. The van der Waals surface area contributed by atoms with Crippen molar-refractivity contribution < 1.29 is 14.3 Å². The maximum atomic E-state index is 10.00. The average Bonchev–Trinajstić information content (AvgIpc) is 2.21. The normalized spacial score (nSPS) is 15.8. The molecule has 3 nitrogen and oxygen atoms in total. The van der Waals surface area contributed by atoms with E-state index in [0.717, 1.165) is 26.4 Å². The van der Waals surface area contributed by atoms with Crippen LogP contribution in [0.25, 0.3) is 0 Å². The summed E-state index contributed by atoms with van der Waals surface area (Å²) in [5, 5.41) is -0.344.